The van der Waals surface area contributed by atoms with E-state index in [1.165, 1.54) is 22.4 Å². The van der Waals surface area contributed by atoms with Crippen LogP contribution in [0.1, 0.15) is 27.0 Å². The smallest absolute Gasteiger partial charge is 0.259 e. The first-order chi connectivity index (χ1) is 14.0. The second-order valence-corrected chi connectivity index (χ2v) is 7.63. The third-order valence-electron chi connectivity index (χ3n) is 5.45. The number of nitrogens with one attached hydrogen (secondary N) is 1. The van der Waals surface area contributed by atoms with Crippen molar-refractivity contribution in [2.45, 2.75) is 19.9 Å². The zero-order valence-electron chi connectivity index (χ0n) is 17.1. The van der Waals surface area contributed by atoms with Crippen molar-refractivity contribution in [1.29, 1.82) is 0 Å². The lowest BCUT2D eigenvalue weighted by Gasteiger charge is -2.17. The van der Waals surface area contributed by atoms with E-state index >= 15 is 0 Å². The van der Waals surface area contributed by atoms with Crippen molar-refractivity contribution >= 4 is 23.1 Å². The standard InChI is InChI=1S/C24H26N4O/c1-17-14-21(27(2)3)10-8-19(17)15-25-23-11-9-20(16-26-23)24(29)28-13-12-18-6-4-5-7-22(18)28/h4-11,14,16H,12-13,15H2,1-3H3,(H,25,26). The Bertz CT molecular complexity index is 1030. The van der Waals surface area contributed by atoms with Gasteiger partial charge in [0.1, 0.15) is 5.82 Å². The number of anilines is 3. The molecule has 2 heterocycles. The summed E-state index contributed by atoms with van der Waals surface area (Å²) in [6.07, 6.45) is 2.56. The highest BCUT2D eigenvalue weighted by atomic mass is 16.2. The summed E-state index contributed by atoms with van der Waals surface area (Å²) in [6, 6.07) is 18.2. The highest BCUT2D eigenvalue weighted by Gasteiger charge is 2.25. The molecule has 1 aliphatic rings. The van der Waals surface area contributed by atoms with Crippen LogP contribution in [0.15, 0.2) is 60.8 Å². The average molecular weight is 386 g/mol. The quantitative estimate of drug-likeness (QED) is 0.711. The molecular weight excluding hydrogens is 360 g/mol. The van der Waals surface area contributed by atoms with Crippen molar-refractivity contribution in [3.05, 3.63) is 83.0 Å². The second-order valence-electron chi connectivity index (χ2n) is 7.63. The molecule has 5 nitrogen and oxygen atoms in total. The number of carbonyl (C=O) groups is 1. The van der Waals surface area contributed by atoms with Gasteiger partial charge in [-0.15, -0.1) is 0 Å². The number of pyridine rings is 1. The van der Waals surface area contributed by atoms with Gasteiger partial charge in [0.05, 0.1) is 5.56 Å². The van der Waals surface area contributed by atoms with Gasteiger partial charge < -0.3 is 15.1 Å². The van der Waals surface area contributed by atoms with Crippen LogP contribution in [0.4, 0.5) is 17.2 Å². The zero-order valence-corrected chi connectivity index (χ0v) is 17.1. The first kappa shape index (κ1) is 19.0. The lowest BCUT2D eigenvalue weighted by Crippen LogP contribution is -2.28. The van der Waals surface area contributed by atoms with Crippen LogP contribution in [0.25, 0.3) is 0 Å². The number of fused-ring (bicyclic) bond motifs is 1. The Kier molecular flexibility index (Phi) is 5.21. The zero-order chi connectivity index (χ0) is 20.4. The molecule has 1 amide bonds. The Balaban J connectivity index is 1.42. The van der Waals surface area contributed by atoms with Crippen molar-refractivity contribution < 1.29 is 4.79 Å². The minimum atomic E-state index is 0.00381. The largest absolute Gasteiger partial charge is 0.378 e. The van der Waals surface area contributed by atoms with Gasteiger partial charge in [0.15, 0.2) is 0 Å². The minimum absolute atomic E-state index is 0.00381. The maximum Gasteiger partial charge on any atom is 0.259 e. The summed E-state index contributed by atoms with van der Waals surface area (Å²) in [5.41, 5.74) is 6.50. The fourth-order valence-electron chi connectivity index (χ4n) is 3.67. The van der Waals surface area contributed by atoms with Crippen LogP contribution in [0.3, 0.4) is 0 Å². The third kappa shape index (κ3) is 3.94. The van der Waals surface area contributed by atoms with Gasteiger partial charge in [-0.25, -0.2) is 4.98 Å². The van der Waals surface area contributed by atoms with E-state index in [4.69, 9.17) is 0 Å². The molecule has 0 fully saturated rings. The fourth-order valence-corrected chi connectivity index (χ4v) is 3.67. The van der Waals surface area contributed by atoms with Crippen molar-refractivity contribution in [3.8, 4) is 0 Å². The molecule has 0 spiro atoms. The van der Waals surface area contributed by atoms with Gasteiger partial charge in [-0.2, -0.15) is 0 Å². The molecule has 4 rings (SSSR count). The summed E-state index contributed by atoms with van der Waals surface area (Å²) in [4.78, 5) is 21.3. The lowest BCUT2D eigenvalue weighted by atomic mass is 10.1. The van der Waals surface area contributed by atoms with Crippen LogP contribution in [0.2, 0.25) is 0 Å². The summed E-state index contributed by atoms with van der Waals surface area (Å²) < 4.78 is 0. The Morgan fingerprint density at radius 2 is 1.97 bits per heavy atom. The first-order valence-electron chi connectivity index (χ1n) is 9.89. The van der Waals surface area contributed by atoms with Crippen molar-refractivity contribution in [2.75, 3.05) is 35.8 Å². The summed E-state index contributed by atoms with van der Waals surface area (Å²) in [7, 11) is 4.08. The van der Waals surface area contributed by atoms with Crippen LogP contribution in [-0.4, -0.2) is 31.5 Å². The normalized spacial score (nSPS) is 12.6. The van der Waals surface area contributed by atoms with Crippen molar-refractivity contribution in [1.82, 2.24) is 4.98 Å². The predicted octanol–water partition coefficient (Wildman–Crippen LogP) is 4.27. The molecule has 1 aromatic heterocycles. The number of nitrogens with zero attached hydrogens (tertiary/aromatic N) is 3. The number of aromatic nitrogens is 1. The van der Waals surface area contributed by atoms with Crippen LogP contribution in [0.5, 0.6) is 0 Å². The summed E-state index contributed by atoms with van der Waals surface area (Å²) in [6.45, 7) is 3.53. The average Bonchev–Trinajstić information content (AvgIpc) is 3.17. The van der Waals surface area contributed by atoms with E-state index in [0.717, 1.165) is 24.5 Å². The van der Waals surface area contributed by atoms with Crippen LogP contribution >= 0.6 is 0 Å². The molecule has 1 aliphatic heterocycles. The van der Waals surface area contributed by atoms with Crippen LogP contribution in [0, 0.1) is 6.92 Å². The predicted molar refractivity (Wildman–Crippen MR) is 119 cm³/mol. The Morgan fingerprint density at radius 3 is 2.69 bits per heavy atom. The van der Waals surface area contributed by atoms with Crippen LogP contribution < -0.4 is 15.1 Å². The van der Waals surface area contributed by atoms with E-state index in [-0.39, 0.29) is 5.91 Å². The third-order valence-corrected chi connectivity index (χ3v) is 5.45. The molecule has 0 bridgehead atoms. The molecule has 1 N–H and O–H groups in total. The van der Waals surface area contributed by atoms with Crippen LogP contribution in [-0.2, 0) is 13.0 Å². The molecule has 0 aliphatic carbocycles. The number of para-hydroxylation sites is 1. The monoisotopic (exact) mass is 386 g/mol. The molecule has 0 saturated carbocycles. The number of rotatable bonds is 5. The first-order valence-corrected chi connectivity index (χ1v) is 9.89. The van der Waals surface area contributed by atoms with E-state index in [0.29, 0.717) is 12.1 Å². The highest BCUT2D eigenvalue weighted by molar-refractivity contribution is 6.07. The van der Waals surface area contributed by atoms with E-state index < -0.39 is 0 Å². The Labute approximate surface area is 172 Å². The SMILES string of the molecule is Cc1cc(N(C)C)ccc1CNc1ccc(C(=O)N2CCc3ccccc32)cn1. The number of carbonyl (C=O) groups excluding carboxylic acids is 1. The lowest BCUT2D eigenvalue weighted by molar-refractivity contribution is 0.0989. The van der Waals surface area contributed by atoms with Crippen molar-refractivity contribution in [3.63, 3.8) is 0 Å². The maximum absolute atomic E-state index is 12.9. The number of amides is 1. The summed E-state index contributed by atoms with van der Waals surface area (Å²) >= 11 is 0. The number of hydrogen-bond acceptors (Lipinski definition) is 4. The molecule has 148 valence electrons. The van der Waals surface area contributed by atoms with Gasteiger partial charge in [0.25, 0.3) is 5.91 Å². The van der Waals surface area contributed by atoms with Crippen molar-refractivity contribution in [2.24, 2.45) is 0 Å². The van der Waals surface area contributed by atoms with Gasteiger partial charge in [-0.05, 0) is 60.4 Å². The fraction of sp³-hybridized carbons (Fsp3) is 0.250. The van der Waals surface area contributed by atoms with Gasteiger partial charge in [-0.3, -0.25) is 4.79 Å². The van der Waals surface area contributed by atoms with Gasteiger partial charge in [-0.1, -0.05) is 24.3 Å². The Hall–Kier alpha value is -3.34. The molecular formula is C24H26N4O. The Morgan fingerprint density at radius 1 is 1.14 bits per heavy atom. The number of benzene rings is 2. The van der Waals surface area contributed by atoms with Gasteiger partial charge >= 0.3 is 0 Å². The summed E-state index contributed by atoms with van der Waals surface area (Å²) in [5.74, 6) is 0.767. The molecule has 29 heavy (non-hydrogen) atoms. The molecule has 0 saturated heterocycles. The van der Waals surface area contributed by atoms with Gasteiger partial charge in [0.2, 0.25) is 0 Å². The maximum atomic E-state index is 12.9. The molecule has 0 unspecified atom stereocenters. The van der Waals surface area contributed by atoms with E-state index in [1.807, 2.05) is 49.3 Å². The molecule has 0 atom stereocenters. The number of aryl methyl sites for hydroxylation is 1. The minimum Gasteiger partial charge on any atom is -0.378 e. The molecule has 2 aromatic carbocycles. The topological polar surface area (TPSA) is 48.5 Å². The van der Waals surface area contributed by atoms with Gasteiger partial charge in [0, 0.05) is 44.8 Å². The molecule has 3 aromatic rings. The second kappa shape index (κ2) is 7.95. The molecule has 5 heteroatoms. The molecule has 0 radical (unpaired) electrons. The van der Waals surface area contributed by atoms with E-state index in [9.17, 15) is 4.79 Å². The highest BCUT2D eigenvalue weighted by Crippen LogP contribution is 2.28. The summed E-state index contributed by atoms with van der Waals surface area (Å²) in [5, 5.41) is 3.35. The van der Waals surface area contributed by atoms with E-state index in [1.54, 1.807) is 6.20 Å². The number of hydrogen-bond donors (Lipinski definition) is 1. The van der Waals surface area contributed by atoms with E-state index in [2.05, 4.69) is 46.4 Å².